The number of fused-ring (bicyclic) bond motifs is 1. The SMILES string of the molecule is COc1cccc(NC(=O)NCc2cccc3c2C(=O)N(C2CCC(=O)NC2=O)C3=O)c1. The molecule has 0 radical (unpaired) electrons. The predicted molar refractivity (Wildman–Crippen MR) is 112 cm³/mol. The molecular formula is C22H20N4O6. The largest absolute Gasteiger partial charge is 0.497 e. The lowest BCUT2D eigenvalue weighted by molar-refractivity contribution is -0.136. The number of anilines is 1. The van der Waals surface area contributed by atoms with Crippen LogP contribution in [0.5, 0.6) is 5.75 Å². The molecule has 0 saturated carbocycles. The van der Waals surface area contributed by atoms with Crippen LogP contribution >= 0.6 is 0 Å². The van der Waals surface area contributed by atoms with Crippen LogP contribution in [0.3, 0.4) is 0 Å². The summed E-state index contributed by atoms with van der Waals surface area (Å²) in [5.74, 6) is -1.74. The van der Waals surface area contributed by atoms with Gasteiger partial charge in [-0.2, -0.15) is 0 Å². The van der Waals surface area contributed by atoms with E-state index in [1.165, 1.54) is 13.2 Å². The Morgan fingerprint density at radius 1 is 1.12 bits per heavy atom. The number of hydrogen-bond acceptors (Lipinski definition) is 6. The molecule has 2 aliphatic rings. The Balaban J connectivity index is 1.49. The summed E-state index contributed by atoms with van der Waals surface area (Å²) in [4.78, 5) is 62.7. The molecule has 1 saturated heterocycles. The van der Waals surface area contributed by atoms with Crippen LogP contribution in [-0.2, 0) is 16.1 Å². The van der Waals surface area contributed by atoms with Gasteiger partial charge in [-0.15, -0.1) is 0 Å². The Morgan fingerprint density at radius 2 is 1.91 bits per heavy atom. The molecule has 10 nitrogen and oxygen atoms in total. The highest BCUT2D eigenvalue weighted by molar-refractivity contribution is 6.24. The monoisotopic (exact) mass is 436 g/mol. The van der Waals surface area contributed by atoms with Crippen LogP contribution in [0.4, 0.5) is 10.5 Å². The number of hydrogen-bond donors (Lipinski definition) is 3. The van der Waals surface area contributed by atoms with Gasteiger partial charge < -0.3 is 15.4 Å². The van der Waals surface area contributed by atoms with E-state index in [1.807, 2.05) is 0 Å². The van der Waals surface area contributed by atoms with E-state index in [9.17, 15) is 24.0 Å². The van der Waals surface area contributed by atoms with Gasteiger partial charge in [0.1, 0.15) is 11.8 Å². The summed E-state index contributed by atoms with van der Waals surface area (Å²) in [5.41, 5.74) is 1.27. The van der Waals surface area contributed by atoms with Gasteiger partial charge in [0.05, 0.1) is 18.2 Å². The zero-order chi connectivity index (χ0) is 22.8. The van der Waals surface area contributed by atoms with Crippen molar-refractivity contribution in [2.45, 2.75) is 25.4 Å². The lowest BCUT2D eigenvalue weighted by Gasteiger charge is -2.27. The minimum atomic E-state index is -1.04. The van der Waals surface area contributed by atoms with Crippen molar-refractivity contribution >= 4 is 35.3 Å². The fraction of sp³-hybridized carbons (Fsp3) is 0.227. The van der Waals surface area contributed by atoms with Crippen LogP contribution in [0.25, 0.3) is 0 Å². The van der Waals surface area contributed by atoms with E-state index < -0.39 is 35.7 Å². The summed E-state index contributed by atoms with van der Waals surface area (Å²) in [6.07, 6.45) is 0.120. The molecule has 1 atom stereocenters. The molecule has 10 heteroatoms. The lowest BCUT2D eigenvalue weighted by Crippen LogP contribution is -2.54. The highest BCUT2D eigenvalue weighted by Gasteiger charge is 2.45. The molecular weight excluding hydrogens is 416 g/mol. The molecule has 0 bridgehead atoms. The third-order valence-corrected chi connectivity index (χ3v) is 5.32. The lowest BCUT2D eigenvalue weighted by atomic mass is 10.0. The molecule has 32 heavy (non-hydrogen) atoms. The van der Waals surface area contributed by atoms with Gasteiger partial charge in [-0.3, -0.25) is 29.4 Å². The molecule has 1 fully saturated rings. The van der Waals surface area contributed by atoms with Crippen molar-refractivity contribution in [3.05, 3.63) is 59.2 Å². The van der Waals surface area contributed by atoms with E-state index in [-0.39, 0.29) is 30.5 Å². The Kier molecular flexibility index (Phi) is 5.59. The molecule has 0 aromatic heterocycles. The number of ether oxygens (including phenoxy) is 1. The second-order valence-electron chi connectivity index (χ2n) is 7.33. The maximum atomic E-state index is 13.1. The summed E-state index contributed by atoms with van der Waals surface area (Å²) in [6, 6.07) is 10.0. The molecule has 6 amide bonds. The first-order valence-electron chi connectivity index (χ1n) is 9.91. The number of piperidine rings is 1. The fourth-order valence-electron chi connectivity index (χ4n) is 3.78. The molecule has 0 spiro atoms. The molecule has 164 valence electrons. The van der Waals surface area contributed by atoms with Gasteiger partial charge in [-0.1, -0.05) is 18.2 Å². The second-order valence-corrected chi connectivity index (χ2v) is 7.33. The highest BCUT2D eigenvalue weighted by Crippen LogP contribution is 2.30. The molecule has 2 aromatic rings. The summed E-state index contributed by atoms with van der Waals surface area (Å²) >= 11 is 0. The number of nitrogens with zero attached hydrogens (tertiary/aromatic N) is 1. The molecule has 3 N–H and O–H groups in total. The second kappa shape index (κ2) is 8.50. The minimum Gasteiger partial charge on any atom is -0.497 e. The van der Waals surface area contributed by atoms with Crippen molar-refractivity contribution in [2.75, 3.05) is 12.4 Å². The Labute approximate surface area is 182 Å². The highest BCUT2D eigenvalue weighted by atomic mass is 16.5. The number of urea groups is 1. The van der Waals surface area contributed by atoms with Crippen LogP contribution in [-0.4, -0.2) is 47.7 Å². The van der Waals surface area contributed by atoms with Gasteiger partial charge in [-0.25, -0.2) is 4.79 Å². The predicted octanol–water partition coefficient (Wildman–Crippen LogP) is 1.42. The van der Waals surface area contributed by atoms with Crippen molar-refractivity contribution in [1.29, 1.82) is 0 Å². The van der Waals surface area contributed by atoms with Crippen LogP contribution in [0.15, 0.2) is 42.5 Å². The van der Waals surface area contributed by atoms with Crippen molar-refractivity contribution in [3.63, 3.8) is 0 Å². The first kappa shape index (κ1) is 21.0. The number of benzene rings is 2. The van der Waals surface area contributed by atoms with Gasteiger partial charge in [0.15, 0.2) is 0 Å². The number of methoxy groups -OCH3 is 1. The average molecular weight is 436 g/mol. The quantitative estimate of drug-likeness (QED) is 0.607. The third kappa shape index (κ3) is 3.89. The van der Waals surface area contributed by atoms with Crippen molar-refractivity contribution in [3.8, 4) is 5.75 Å². The molecule has 2 aromatic carbocycles. The smallest absolute Gasteiger partial charge is 0.319 e. The molecule has 2 aliphatic heterocycles. The van der Waals surface area contributed by atoms with Gasteiger partial charge >= 0.3 is 6.03 Å². The van der Waals surface area contributed by atoms with Crippen LogP contribution in [0, 0.1) is 0 Å². The summed E-state index contributed by atoms with van der Waals surface area (Å²) < 4.78 is 5.12. The van der Waals surface area contributed by atoms with E-state index in [0.717, 1.165) is 4.90 Å². The van der Waals surface area contributed by atoms with Crippen molar-refractivity contribution in [2.24, 2.45) is 0 Å². The van der Waals surface area contributed by atoms with E-state index in [4.69, 9.17) is 4.74 Å². The molecule has 2 heterocycles. The maximum absolute atomic E-state index is 13.1. The number of carbonyl (C=O) groups is 5. The van der Waals surface area contributed by atoms with E-state index in [0.29, 0.717) is 17.0 Å². The molecule has 0 aliphatic carbocycles. The van der Waals surface area contributed by atoms with Crippen LogP contribution in [0.2, 0.25) is 0 Å². The van der Waals surface area contributed by atoms with Gasteiger partial charge in [-0.05, 0) is 30.2 Å². The van der Waals surface area contributed by atoms with Crippen LogP contribution in [0.1, 0.15) is 39.1 Å². The summed E-state index contributed by atoms with van der Waals surface area (Å²) in [6.45, 7) is -0.0127. The third-order valence-electron chi connectivity index (χ3n) is 5.32. The summed E-state index contributed by atoms with van der Waals surface area (Å²) in [5, 5.41) is 7.49. The topological polar surface area (TPSA) is 134 Å². The Bertz CT molecular complexity index is 1140. The van der Waals surface area contributed by atoms with Gasteiger partial charge in [0, 0.05) is 24.7 Å². The number of imide groups is 2. The minimum absolute atomic E-state index is 0.0127. The van der Waals surface area contributed by atoms with Crippen LogP contribution < -0.4 is 20.7 Å². The maximum Gasteiger partial charge on any atom is 0.319 e. The first-order valence-corrected chi connectivity index (χ1v) is 9.91. The van der Waals surface area contributed by atoms with Crippen molar-refractivity contribution in [1.82, 2.24) is 15.5 Å². The van der Waals surface area contributed by atoms with E-state index in [2.05, 4.69) is 16.0 Å². The molecule has 4 rings (SSSR count). The van der Waals surface area contributed by atoms with E-state index >= 15 is 0 Å². The normalized spacial score (nSPS) is 17.7. The first-order chi connectivity index (χ1) is 15.4. The Hall–Kier alpha value is -4.21. The zero-order valence-corrected chi connectivity index (χ0v) is 17.1. The zero-order valence-electron chi connectivity index (χ0n) is 17.1. The average Bonchev–Trinajstić information content (AvgIpc) is 3.03. The van der Waals surface area contributed by atoms with E-state index in [1.54, 1.807) is 36.4 Å². The number of rotatable bonds is 5. The number of nitrogens with one attached hydrogen (secondary N) is 3. The standard InChI is InChI=1S/C22H20N4O6/c1-32-14-6-3-5-13(10-14)24-22(31)23-11-12-4-2-7-15-18(12)21(30)26(20(15)29)16-8-9-17(27)25-19(16)28/h2-7,10,16H,8-9,11H2,1H3,(H2,23,24,31)(H,25,27,28). The van der Waals surface area contributed by atoms with Gasteiger partial charge in [0.2, 0.25) is 11.8 Å². The van der Waals surface area contributed by atoms with Crippen molar-refractivity contribution < 1.29 is 28.7 Å². The fourth-order valence-corrected chi connectivity index (χ4v) is 3.78. The molecule has 1 unspecified atom stereocenters. The number of carbonyl (C=O) groups excluding carboxylic acids is 5. The Morgan fingerprint density at radius 3 is 2.66 bits per heavy atom. The van der Waals surface area contributed by atoms with Gasteiger partial charge in [0.25, 0.3) is 11.8 Å². The summed E-state index contributed by atoms with van der Waals surface area (Å²) in [7, 11) is 1.52. The number of amides is 6.